The van der Waals surface area contributed by atoms with Gasteiger partial charge in [0.1, 0.15) is 5.69 Å². The van der Waals surface area contributed by atoms with Crippen molar-refractivity contribution < 1.29 is 9.59 Å². The molecule has 1 aromatic carbocycles. The lowest BCUT2D eigenvalue weighted by atomic mass is 10.1. The van der Waals surface area contributed by atoms with Crippen LogP contribution in [0.25, 0.3) is 0 Å². The highest BCUT2D eigenvalue weighted by Gasteiger charge is 2.30. The van der Waals surface area contributed by atoms with Crippen LogP contribution in [0.2, 0.25) is 0 Å². The second kappa shape index (κ2) is 9.48. The summed E-state index contributed by atoms with van der Waals surface area (Å²) in [6.07, 6.45) is 2.53. The van der Waals surface area contributed by atoms with E-state index in [0.717, 1.165) is 11.3 Å². The van der Waals surface area contributed by atoms with Gasteiger partial charge < -0.3 is 15.5 Å². The number of benzene rings is 1. The van der Waals surface area contributed by atoms with Gasteiger partial charge in [0.05, 0.1) is 24.8 Å². The molecule has 2 atom stereocenters. The van der Waals surface area contributed by atoms with Gasteiger partial charge in [0.15, 0.2) is 0 Å². The molecule has 2 N–H and O–H groups in total. The summed E-state index contributed by atoms with van der Waals surface area (Å²) < 4.78 is 1.78. The fourth-order valence-electron chi connectivity index (χ4n) is 3.13. The van der Waals surface area contributed by atoms with Gasteiger partial charge in [0.2, 0.25) is 11.8 Å². The van der Waals surface area contributed by atoms with Crippen LogP contribution in [0.15, 0.2) is 36.5 Å². The average molecular weight is 393 g/mol. The van der Waals surface area contributed by atoms with Gasteiger partial charge in [0.25, 0.3) is 0 Å². The van der Waals surface area contributed by atoms with Gasteiger partial charge in [-0.05, 0) is 12.0 Å². The monoisotopic (exact) mass is 392 g/mol. The number of carbonyl (C=O) groups excluding carboxylic acids is 2. The maximum absolute atomic E-state index is 12.0. The largest absolute Gasteiger partial charge is 0.358 e. The fourth-order valence-corrected chi connectivity index (χ4v) is 3.13. The van der Waals surface area contributed by atoms with Crippen molar-refractivity contribution in [2.75, 3.05) is 13.6 Å². The van der Waals surface area contributed by atoms with Gasteiger partial charge in [-0.1, -0.05) is 35.5 Å². The molecule has 0 aliphatic carbocycles. The van der Waals surface area contributed by atoms with Crippen molar-refractivity contribution in [3.8, 4) is 0 Å². The first kappa shape index (κ1) is 20.9. The lowest BCUT2D eigenvalue weighted by molar-refractivity contribution is -0.130. The molecule has 1 fully saturated rings. The maximum Gasteiger partial charge on any atom is 0.236 e. The second-order valence-corrected chi connectivity index (χ2v) is 6.52. The first-order valence-electron chi connectivity index (χ1n) is 8.72. The van der Waals surface area contributed by atoms with Crippen molar-refractivity contribution in [3.63, 3.8) is 0 Å². The van der Waals surface area contributed by atoms with Crippen molar-refractivity contribution in [2.45, 2.75) is 38.5 Å². The van der Waals surface area contributed by atoms with E-state index in [9.17, 15) is 9.59 Å². The zero-order valence-corrected chi connectivity index (χ0v) is 16.3. The van der Waals surface area contributed by atoms with Crippen LogP contribution >= 0.6 is 12.4 Å². The number of carbonyl (C=O) groups is 2. The van der Waals surface area contributed by atoms with Crippen LogP contribution in [0.1, 0.15) is 30.6 Å². The van der Waals surface area contributed by atoms with Crippen LogP contribution in [-0.4, -0.2) is 51.3 Å². The third-order valence-electron chi connectivity index (χ3n) is 4.62. The number of nitrogens with one attached hydrogen (secondary N) is 2. The fraction of sp³-hybridized carbons (Fsp3) is 0.444. The van der Waals surface area contributed by atoms with E-state index in [4.69, 9.17) is 0 Å². The van der Waals surface area contributed by atoms with Crippen molar-refractivity contribution in [1.29, 1.82) is 0 Å². The predicted octanol–water partition coefficient (Wildman–Crippen LogP) is 0.898. The molecule has 1 aromatic heterocycles. The molecule has 0 radical (unpaired) electrons. The minimum atomic E-state index is -0.204. The highest BCUT2D eigenvalue weighted by Crippen LogP contribution is 2.19. The number of hydrogen-bond acceptors (Lipinski definition) is 5. The summed E-state index contributed by atoms with van der Waals surface area (Å²) in [5, 5.41) is 14.2. The van der Waals surface area contributed by atoms with Crippen LogP contribution < -0.4 is 10.6 Å². The van der Waals surface area contributed by atoms with Crippen molar-refractivity contribution in [2.24, 2.45) is 0 Å². The zero-order valence-electron chi connectivity index (χ0n) is 15.5. The Bertz CT molecular complexity index is 766. The molecule has 1 saturated heterocycles. The second-order valence-electron chi connectivity index (χ2n) is 6.52. The molecule has 2 amide bonds. The summed E-state index contributed by atoms with van der Waals surface area (Å²) in [7, 11) is 1.63. The van der Waals surface area contributed by atoms with E-state index in [-0.39, 0.29) is 36.3 Å². The number of amides is 2. The summed E-state index contributed by atoms with van der Waals surface area (Å²) >= 11 is 0. The Hall–Kier alpha value is -2.45. The molecule has 0 saturated carbocycles. The van der Waals surface area contributed by atoms with Crippen molar-refractivity contribution in [1.82, 2.24) is 30.5 Å². The van der Waals surface area contributed by atoms with Gasteiger partial charge in [-0.2, -0.15) is 0 Å². The molecule has 8 nitrogen and oxygen atoms in total. The highest BCUT2D eigenvalue weighted by molar-refractivity contribution is 5.85. The van der Waals surface area contributed by atoms with Crippen LogP contribution in [0, 0.1) is 0 Å². The molecule has 0 bridgehead atoms. The Balaban J connectivity index is 0.00000261. The third-order valence-corrected chi connectivity index (χ3v) is 4.62. The van der Waals surface area contributed by atoms with E-state index < -0.39 is 0 Å². The average Bonchev–Trinajstić information content (AvgIpc) is 3.30. The minimum absolute atomic E-state index is 0. The van der Waals surface area contributed by atoms with Gasteiger partial charge in [-0.3, -0.25) is 9.59 Å². The molecule has 1 aliphatic rings. The summed E-state index contributed by atoms with van der Waals surface area (Å²) in [4.78, 5) is 25.5. The van der Waals surface area contributed by atoms with E-state index in [0.29, 0.717) is 26.1 Å². The number of aromatic nitrogens is 3. The highest BCUT2D eigenvalue weighted by atomic mass is 35.5. The Morgan fingerprint density at radius 3 is 2.70 bits per heavy atom. The van der Waals surface area contributed by atoms with Crippen LogP contribution in [0.3, 0.4) is 0 Å². The summed E-state index contributed by atoms with van der Waals surface area (Å²) in [6, 6.07) is 9.74. The molecular weight excluding hydrogens is 368 g/mol. The van der Waals surface area contributed by atoms with E-state index in [2.05, 4.69) is 20.9 Å². The SMILES string of the molecule is CNC(=O)[C@@H]1C[C@@H](n2cc(CN(Cc3ccccc3)C(C)=O)nn2)CN1.Cl. The summed E-state index contributed by atoms with van der Waals surface area (Å²) in [6.45, 7) is 3.17. The standard InChI is InChI=1S/C18H24N6O2.ClH/c1-13(25)23(10-14-6-4-3-5-7-14)11-15-12-24(22-21-15)16-8-17(20-9-16)18(26)19-2;/h3-7,12,16-17,20H,8-11H2,1-2H3,(H,19,26);1H/t16-,17+;/m1./s1. The van der Waals surface area contributed by atoms with Crippen LogP contribution in [-0.2, 0) is 22.7 Å². The van der Waals surface area contributed by atoms with Gasteiger partial charge in [0, 0.05) is 27.1 Å². The Morgan fingerprint density at radius 2 is 2.04 bits per heavy atom. The Labute approximate surface area is 164 Å². The normalized spacial score (nSPS) is 18.6. The number of halogens is 1. The summed E-state index contributed by atoms with van der Waals surface area (Å²) in [5.74, 6) is -0.0240. The molecular formula is C18H25ClN6O2. The molecule has 27 heavy (non-hydrogen) atoms. The molecule has 146 valence electrons. The van der Waals surface area contributed by atoms with E-state index in [1.54, 1.807) is 23.6 Å². The number of likely N-dealkylation sites (N-methyl/N-ethyl adjacent to an activating group) is 1. The van der Waals surface area contributed by atoms with Gasteiger partial charge in [-0.25, -0.2) is 4.68 Å². The van der Waals surface area contributed by atoms with Crippen LogP contribution in [0.4, 0.5) is 0 Å². The molecule has 3 rings (SSSR count). The first-order valence-corrected chi connectivity index (χ1v) is 8.72. The minimum Gasteiger partial charge on any atom is -0.358 e. The Kier molecular flexibility index (Phi) is 7.32. The van der Waals surface area contributed by atoms with Crippen molar-refractivity contribution in [3.05, 3.63) is 47.8 Å². The summed E-state index contributed by atoms with van der Waals surface area (Å²) in [5.41, 5.74) is 1.81. The molecule has 0 unspecified atom stereocenters. The number of rotatable bonds is 6. The van der Waals surface area contributed by atoms with Crippen LogP contribution in [0.5, 0.6) is 0 Å². The van der Waals surface area contributed by atoms with Gasteiger partial charge in [-0.15, -0.1) is 17.5 Å². The topological polar surface area (TPSA) is 92.2 Å². The van der Waals surface area contributed by atoms with E-state index >= 15 is 0 Å². The lowest BCUT2D eigenvalue weighted by Crippen LogP contribution is -2.38. The molecule has 1 aliphatic heterocycles. The zero-order chi connectivity index (χ0) is 18.5. The van der Waals surface area contributed by atoms with E-state index in [1.165, 1.54) is 0 Å². The van der Waals surface area contributed by atoms with Crippen molar-refractivity contribution >= 4 is 24.2 Å². The molecule has 2 aromatic rings. The predicted molar refractivity (Wildman–Crippen MR) is 103 cm³/mol. The smallest absolute Gasteiger partial charge is 0.236 e. The quantitative estimate of drug-likeness (QED) is 0.762. The number of hydrogen-bond donors (Lipinski definition) is 2. The molecule has 9 heteroatoms. The lowest BCUT2D eigenvalue weighted by Gasteiger charge is -2.19. The third kappa shape index (κ3) is 5.27. The maximum atomic E-state index is 12.0. The van der Waals surface area contributed by atoms with Gasteiger partial charge >= 0.3 is 0 Å². The molecule has 2 heterocycles. The first-order chi connectivity index (χ1) is 12.6. The number of nitrogens with zero attached hydrogens (tertiary/aromatic N) is 4. The Morgan fingerprint density at radius 1 is 1.30 bits per heavy atom. The van der Waals surface area contributed by atoms with E-state index in [1.807, 2.05) is 36.5 Å². The molecule has 0 spiro atoms.